The minimum absolute atomic E-state index is 0.276. The molecule has 0 amide bonds. The summed E-state index contributed by atoms with van der Waals surface area (Å²) in [4.78, 5) is 14.1. The van der Waals surface area contributed by atoms with Gasteiger partial charge in [0.15, 0.2) is 0 Å². The zero-order valence-corrected chi connectivity index (χ0v) is 12.1. The van der Waals surface area contributed by atoms with Crippen LogP contribution < -0.4 is 5.73 Å². The topological polar surface area (TPSA) is 64.8 Å². The molecule has 0 aromatic heterocycles. The highest BCUT2D eigenvalue weighted by atomic mass is 16.5. The van der Waals surface area contributed by atoms with Gasteiger partial charge in [0.05, 0.1) is 13.7 Å². The summed E-state index contributed by atoms with van der Waals surface area (Å²) in [5.74, 6) is 0.562. The third-order valence-corrected chi connectivity index (χ3v) is 4.23. The molecule has 2 N–H and O–H groups in total. The highest BCUT2D eigenvalue weighted by Gasteiger charge is 2.49. The molecule has 0 aromatic rings. The van der Waals surface area contributed by atoms with Gasteiger partial charge in [0.2, 0.25) is 0 Å². The molecule has 0 bridgehead atoms. The fourth-order valence-corrected chi connectivity index (χ4v) is 3.05. The Labute approximate surface area is 115 Å². The molecular formula is C14H26N2O3. The summed E-state index contributed by atoms with van der Waals surface area (Å²) in [7, 11) is 3.45. The van der Waals surface area contributed by atoms with Crippen molar-refractivity contribution in [3.8, 4) is 0 Å². The van der Waals surface area contributed by atoms with Crippen molar-refractivity contribution in [2.45, 2.75) is 31.2 Å². The van der Waals surface area contributed by atoms with Crippen molar-refractivity contribution in [1.29, 1.82) is 0 Å². The Morgan fingerprint density at radius 1 is 1.47 bits per heavy atom. The van der Waals surface area contributed by atoms with Gasteiger partial charge in [0, 0.05) is 19.7 Å². The second-order valence-electron chi connectivity index (χ2n) is 6.09. The Kier molecular flexibility index (Phi) is 4.81. The van der Waals surface area contributed by atoms with E-state index in [9.17, 15) is 4.79 Å². The number of esters is 1. The lowest BCUT2D eigenvalue weighted by molar-refractivity contribution is -0.148. The molecule has 5 nitrogen and oxygen atoms in total. The van der Waals surface area contributed by atoms with Crippen LogP contribution in [0.4, 0.5) is 0 Å². The molecule has 1 heterocycles. The standard InChI is InChI=1S/C14H26N2O3/c1-16(8-11-4-3-7-19-9-11)10-14(15,12-5-6-12)13(17)18-2/h11-12H,3-10,15H2,1-2H3. The van der Waals surface area contributed by atoms with Crippen LogP contribution in [0.5, 0.6) is 0 Å². The summed E-state index contributed by atoms with van der Waals surface area (Å²) in [6.45, 7) is 3.21. The smallest absolute Gasteiger partial charge is 0.327 e. The number of nitrogens with two attached hydrogens (primary N) is 1. The van der Waals surface area contributed by atoms with E-state index < -0.39 is 5.54 Å². The molecule has 2 unspecified atom stereocenters. The van der Waals surface area contributed by atoms with Crippen molar-refractivity contribution in [2.24, 2.45) is 17.6 Å². The molecule has 1 saturated carbocycles. The molecule has 1 saturated heterocycles. The molecular weight excluding hydrogens is 244 g/mol. The second-order valence-corrected chi connectivity index (χ2v) is 6.09. The molecule has 2 fully saturated rings. The Morgan fingerprint density at radius 3 is 2.74 bits per heavy atom. The van der Waals surface area contributed by atoms with Crippen molar-refractivity contribution in [2.75, 3.05) is 40.5 Å². The van der Waals surface area contributed by atoms with Crippen molar-refractivity contribution < 1.29 is 14.3 Å². The third-order valence-electron chi connectivity index (χ3n) is 4.23. The van der Waals surface area contributed by atoms with Crippen LogP contribution in [0.1, 0.15) is 25.7 Å². The second kappa shape index (κ2) is 6.20. The Hall–Kier alpha value is -0.650. The number of rotatable bonds is 6. The van der Waals surface area contributed by atoms with Crippen molar-refractivity contribution in [3.63, 3.8) is 0 Å². The molecule has 0 aromatic carbocycles. The molecule has 2 aliphatic rings. The van der Waals surface area contributed by atoms with Crippen LogP contribution in [0, 0.1) is 11.8 Å². The highest BCUT2D eigenvalue weighted by Crippen LogP contribution is 2.39. The van der Waals surface area contributed by atoms with Gasteiger partial charge in [0.25, 0.3) is 0 Å². The molecule has 1 aliphatic heterocycles. The van der Waals surface area contributed by atoms with Gasteiger partial charge in [-0.15, -0.1) is 0 Å². The van der Waals surface area contributed by atoms with E-state index in [2.05, 4.69) is 4.90 Å². The molecule has 5 heteroatoms. The average Bonchev–Trinajstić information content (AvgIpc) is 3.23. The number of methoxy groups -OCH3 is 1. The lowest BCUT2D eigenvalue weighted by atomic mass is 9.93. The summed E-state index contributed by atoms with van der Waals surface area (Å²) < 4.78 is 10.4. The maximum atomic E-state index is 11.9. The van der Waals surface area contributed by atoms with Gasteiger partial charge >= 0.3 is 5.97 Å². The van der Waals surface area contributed by atoms with Crippen LogP contribution in [-0.2, 0) is 14.3 Å². The third kappa shape index (κ3) is 3.68. The predicted octanol–water partition coefficient (Wildman–Crippen LogP) is 0.625. The summed E-state index contributed by atoms with van der Waals surface area (Å²) in [5, 5.41) is 0. The number of nitrogens with zero attached hydrogens (tertiary/aromatic N) is 1. The molecule has 0 radical (unpaired) electrons. The lowest BCUT2D eigenvalue weighted by Gasteiger charge is -2.34. The summed E-state index contributed by atoms with van der Waals surface area (Å²) >= 11 is 0. The molecule has 1 aliphatic carbocycles. The Morgan fingerprint density at radius 2 is 2.21 bits per heavy atom. The van der Waals surface area contributed by atoms with Crippen molar-refractivity contribution >= 4 is 5.97 Å². The van der Waals surface area contributed by atoms with Crippen LogP contribution >= 0.6 is 0 Å². The summed E-state index contributed by atoms with van der Waals surface area (Å²) in [5.41, 5.74) is 5.48. The quantitative estimate of drug-likeness (QED) is 0.717. The number of likely N-dealkylation sites (N-methyl/N-ethyl adjacent to an activating group) is 1. The van der Waals surface area contributed by atoms with Gasteiger partial charge in [-0.2, -0.15) is 0 Å². The van der Waals surface area contributed by atoms with E-state index in [1.165, 1.54) is 13.5 Å². The van der Waals surface area contributed by atoms with Gasteiger partial charge in [0.1, 0.15) is 5.54 Å². The first kappa shape index (κ1) is 14.8. The maximum Gasteiger partial charge on any atom is 0.327 e. The Balaban J connectivity index is 1.87. The van der Waals surface area contributed by atoms with Gasteiger partial charge in [-0.3, -0.25) is 4.79 Å². The van der Waals surface area contributed by atoms with E-state index in [0.29, 0.717) is 12.5 Å². The van der Waals surface area contributed by atoms with Crippen molar-refractivity contribution in [1.82, 2.24) is 4.90 Å². The number of ether oxygens (including phenoxy) is 2. The van der Waals surface area contributed by atoms with E-state index in [-0.39, 0.29) is 11.9 Å². The van der Waals surface area contributed by atoms with Crippen LogP contribution in [0.2, 0.25) is 0 Å². The van der Waals surface area contributed by atoms with E-state index in [1.807, 2.05) is 7.05 Å². The van der Waals surface area contributed by atoms with E-state index in [0.717, 1.165) is 39.0 Å². The molecule has 2 rings (SSSR count). The van der Waals surface area contributed by atoms with Crippen molar-refractivity contribution in [3.05, 3.63) is 0 Å². The predicted molar refractivity (Wildman–Crippen MR) is 72.7 cm³/mol. The first-order valence-corrected chi connectivity index (χ1v) is 7.20. The fourth-order valence-electron chi connectivity index (χ4n) is 3.05. The average molecular weight is 270 g/mol. The van der Waals surface area contributed by atoms with Gasteiger partial charge in [-0.05, 0) is 44.6 Å². The van der Waals surface area contributed by atoms with E-state index >= 15 is 0 Å². The minimum Gasteiger partial charge on any atom is -0.468 e. The largest absolute Gasteiger partial charge is 0.468 e. The lowest BCUT2D eigenvalue weighted by Crippen LogP contribution is -2.58. The van der Waals surface area contributed by atoms with Gasteiger partial charge in [-0.1, -0.05) is 0 Å². The first-order valence-electron chi connectivity index (χ1n) is 7.20. The number of carbonyl (C=O) groups excluding carboxylic acids is 1. The zero-order chi connectivity index (χ0) is 13.9. The SMILES string of the molecule is COC(=O)C(N)(CN(C)CC1CCCOC1)C1CC1. The number of hydrogen-bond acceptors (Lipinski definition) is 5. The molecule has 2 atom stereocenters. The highest BCUT2D eigenvalue weighted by molar-refractivity contribution is 5.81. The monoisotopic (exact) mass is 270 g/mol. The van der Waals surface area contributed by atoms with Gasteiger partial charge < -0.3 is 20.1 Å². The molecule has 19 heavy (non-hydrogen) atoms. The van der Waals surface area contributed by atoms with Crippen LogP contribution in [0.3, 0.4) is 0 Å². The van der Waals surface area contributed by atoms with E-state index in [1.54, 1.807) is 0 Å². The number of hydrogen-bond donors (Lipinski definition) is 1. The number of carbonyl (C=O) groups is 1. The molecule has 0 spiro atoms. The first-order chi connectivity index (χ1) is 9.06. The van der Waals surface area contributed by atoms with E-state index in [4.69, 9.17) is 15.2 Å². The van der Waals surface area contributed by atoms with Crippen LogP contribution in [-0.4, -0.2) is 56.9 Å². The summed E-state index contributed by atoms with van der Waals surface area (Å²) in [6, 6.07) is 0. The summed E-state index contributed by atoms with van der Waals surface area (Å²) in [6.07, 6.45) is 4.40. The van der Waals surface area contributed by atoms with Crippen LogP contribution in [0.25, 0.3) is 0 Å². The minimum atomic E-state index is -0.834. The maximum absolute atomic E-state index is 11.9. The fraction of sp³-hybridized carbons (Fsp3) is 0.929. The van der Waals surface area contributed by atoms with Gasteiger partial charge in [-0.25, -0.2) is 0 Å². The normalized spacial score (nSPS) is 27.1. The van der Waals surface area contributed by atoms with Crippen LogP contribution in [0.15, 0.2) is 0 Å². The zero-order valence-electron chi connectivity index (χ0n) is 12.1. The Bertz CT molecular complexity index is 314. The molecule has 110 valence electrons.